The standard InChI is InChI=1S/C68H121NO10/c1-4-7-10-13-16-19-22-24-26-27-28-29-30-31-32-33-34-35-36-38-41-44-47-50-53-56-63(73)79-66-65(75)64(74)62(57-70)78-68(66)77-58-59(60(71)54-51-48-45-42-39-21-18-15-12-9-6-3)69-67(76)61(72)55-52-49-46-43-40-37-25-23-20-17-14-11-8-5-2/h8,11,14,16-17,19-20,23-24,26,51,54,59-62,64-66,68,70-72,74-75H,4-7,9-10,12-13,15,18,21-22,25,27-50,52-53,55-58H2,1-3H3,(H,69,76)/b11-8+,17-14+,19-16-,23-20+,26-24-,54-51+. The number of nitrogens with one attached hydrogen (secondary N) is 1. The van der Waals surface area contributed by atoms with Gasteiger partial charge >= 0.3 is 5.97 Å². The minimum Gasteiger partial charge on any atom is -0.454 e. The van der Waals surface area contributed by atoms with E-state index in [1.807, 2.05) is 18.2 Å². The third-order valence-electron chi connectivity index (χ3n) is 15.2. The summed E-state index contributed by atoms with van der Waals surface area (Å²) in [5.41, 5.74) is 0. The van der Waals surface area contributed by atoms with Crippen molar-refractivity contribution in [2.75, 3.05) is 13.2 Å². The maximum atomic E-state index is 13.4. The van der Waals surface area contributed by atoms with Gasteiger partial charge in [-0.2, -0.15) is 0 Å². The zero-order chi connectivity index (χ0) is 57.5. The van der Waals surface area contributed by atoms with E-state index in [0.29, 0.717) is 12.8 Å². The molecule has 1 aliphatic heterocycles. The zero-order valence-corrected chi connectivity index (χ0v) is 50.7. The molecule has 0 aliphatic carbocycles. The molecule has 458 valence electrons. The van der Waals surface area contributed by atoms with Gasteiger partial charge in [0.15, 0.2) is 12.4 Å². The Bertz CT molecular complexity index is 1560. The summed E-state index contributed by atoms with van der Waals surface area (Å²) < 4.78 is 17.6. The summed E-state index contributed by atoms with van der Waals surface area (Å²) in [7, 11) is 0. The van der Waals surface area contributed by atoms with Gasteiger partial charge in [0.05, 0.1) is 25.4 Å². The number of allylic oxidation sites excluding steroid dienone is 11. The average Bonchev–Trinajstić information content (AvgIpc) is 3.45. The molecule has 0 radical (unpaired) electrons. The second-order valence-electron chi connectivity index (χ2n) is 22.5. The maximum Gasteiger partial charge on any atom is 0.306 e. The predicted octanol–water partition coefficient (Wildman–Crippen LogP) is 16.0. The van der Waals surface area contributed by atoms with E-state index in [4.69, 9.17) is 14.2 Å². The van der Waals surface area contributed by atoms with E-state index in [9.17, 15) is 35.1 Å². The number of ether oxygens (including phenoxy) is 3. The Hall–Kier alpha value is -2.90. The van der Waals surface area contributed by atoms with Gasteiger partial charge in [-0.05, 0) is 77.0 Å². The molecule has 8 atom stereocenters. The van der Waals surface area contributed by atoms with Crippen LogP contribution in [0.1, 0.15) is 284 Å². The number of carbonyl (C=O) groups excluding carboxylic acids is 2. The molecule has 1 amide bonds. The molecule has 1 heterocycles. The fraction of sp³-hybridized carbons (Fsp3) is 0.794. The molecule has 0 spiro atoms. The van der Waals surface area contributed by atoms with E-state index in [0.717, 1.165) is 89.9 Å². The predicted molar refractivity (Wildman–Crippen MR) is 329 cm³/mol. The summed E-state index contributed by atoms with van der Waals surface area (Å²) in [5, 5.41) is 57.0. The lowest BCUT2D eigenvalue weighted by Crippen LogP contribution is -2.61. The van der Waals surface area contributed by atoms with E-state index in [1.165, 1.54) is 148 Å². The summed E-state index contributed by atoms with van der Waals surface area (Å²) in [4.78, 5) is 26.6. The van der Waals surface area contributed by atoms with Crippen molar-refractivity contribution in [1.82, 2.24) is 5.32 Å². The van der Waals surface area contributed by atoms with E-state index >= 15 is 0 Å². The first-order valence-electron chi connectivity index (χ1n) is 32.7. The quantitative estimate of drug-likeness (QED) is 0.0149. The van der Waals surface area contributed by atoms with Gasteiger partial charge in [-0.3, -0.25) is 9.59 Å². The highest BCUT2D eigenvalue weighted by Gasteiger charge is 2.47. The number of aliphatic hydroxyl groups is 5. The van der Waals surface area contributed by atoms with Crippen molar-refractivity contribution in [2.45, 2.75) is 333 Å². The molecule has 1 rings (SSSR count). The van der Waals surface area contributed by atoms with Crippen molar-refractivity contribution >= 4 is 11.9 Å². The summed E-state index contributed by atoms with van der Waals surface area (Å²) in [6.07, 6.45) is 60.9. The summed E-state index contributed by atoms with van der Waals surface area (Å²) in [6, 6.07) is -1.03. The van der Waals surface area contributed by atoms with Crippen molar-refractivity contribution in [1.29, 1.82) is 0 Å². The molecular weight excluding hydrogens is 991 g/mol. The summed E-state index contributed by atoms with van der Waals surface area (Å²) in [5.74, 6) is -1.20. The van der Waals surface area contributed by atoms with Gasteiger partial charge in [0.25, 0.3) is 0 Å². The highest BCUT2D eigenvalue weighted by Crippen LogP contribution is 2.26. The number of hydrogen-bond acceptors (Lipinski definition) is 10. The molecule has 11 heteroatoms. The molecule has 0 bridgehead atoms. The molecule has 0 aromatic heterocycles. The molecule has 79 heavy (non-hydrogen) atoms. The van der Waals surface area contributed by atoms with Gasteiger partial charge in [0.1, 0.15) is 24.4 Å². The molecule has 8 unspecified atom stereocenters. The van der Waals surface area contributed by atoms with Crippen LogP contribution in [0.4, 0.5) is 0 Å². The summed E-state index contributed by atoms with van der Waals surface area (Å²) in [6.45, 7) is 5.63. The van der Waals surface area contributed by atoms with Gasteiger partial charge in [0.2, 0.25) is 5.91 Å². The van der Waals surface area contributed by atoms with Crippen LogP contribution in [0, 0.1) is 0 Å². The van der Waals surface area contributed by atoms with Gasteiger partial charge in [0, 0.05) is 6.42 Å². The van der Waals surface area contributed by atoms with E-state index in [2.05, 4.69) is 74.7 Å². The van der Waals surface area contributed by atoms with Crippen LogP contribution in [0.25, 0.3) is 0 Å². The fourth-order valence-electron chi connectivity index (χ4n) is 9.98. The summed E-state index contributed by atoms with van der Waals surface area (Å²) >= 11 is 0. The molecule has 0 aromatic rings. The molecular formula is C68H121NO10. The van der Waals surface area contributed by atoms with Crippen molar-refractivity contribution in [2.24, 2.45) is 0 Å². The third-order valence-corrected chi connectivity index (χ3v) is 15.2. The number of unbranched alkanes of at least 4 members (excludes halogenated alkanes) is 33. The van der Waals surface area contributed by atoms with Crippen LogP contribution >= 0.6 is 0 Å². The first-order valence-corrected chi connectivity index (χ1v) is 32.7. The Morgan fingerprint density at radius 2 is 0.962 bits per heavy atom. The van der Waals surface area contributed by atoms with Crippen LogP contribution in [0.5, 0.6) is 0 Å². The van der Waals surface area contributed by atoms with Crippen molar-refractivity contribution in [3.63, 3.8) is 0 Å². The molecule has 0 saturated carbocycles. The van der Waals surface area contributed by atoms with Crippen LogP contribution in [0.2, 0.25) is 0 Å². The monoisotopic (exact) mass is 1110 g/mol. The largest absolute Gasteiger partial charge is 0.454 e. The van der Waals surface area contributed by atoms with E-state index < -0.39 is 67.4 Å². The first-order chi connectivity index (χ1) is 38.7. The molecule has 0 aromatic carbocycles. The van der Waals surface area contributed by atoms with Crippen LogP contribution in [0.3, 0.4) is 0 Å². The van der Waals surface area contributed by atoms with Gasteiger partial charge in [-0.1, -0.05) is 273 Å². The van der Waals surface area contributed by atoms with Gasteiger partial charge in [-0.15, -0.1) is 0 Å². The Morgan fingerprint density at radius 1 is 0.519 bits per heavy atom. The minimum atomic E-state index is -1.62. The molecule has 1 fully saturated rings. The van der Waals surface area contributed by atoms with Crippen LogP contribution < -0.4 is 5.32 Å². The van der Waals surface area contributed by atoms with Crippen LogP contribution in [-0.4, -0.2) is 99.6 Å². The lowest BCUT2D eigenvalue weighted by molar-refractivity contribution is -0.305. The highest BCUT2D eigenvalue weighted by atomic mass is 16.7. The van der Waals surface area contributed by atoms with Gasteiger partial charge in [-0.25, -0.2) is 0 Å². The first kappa shape index (κ1) is 74.1. The smallest absolute Gasteiger partial charge is 0.306 e. The lowest BCUT2D eigenvalue weighted by atomic mass is 9.99. The minimum absolute atomic E-state index is 0.121. The average molecular weight is 1110 g/mol. The van der Waals surface area contributed by atoms with Crippen LogP contribution in [-0.2, 0) is 23.8 Å². The number of rotatable bonds is 55. The van der Waals surface area contributed by atoms with Crippen molar-refractivity contribution < 1.29 is 49.3 Å². The Kier molecular flexibility index (Phi) is 52.2. The van der Waals surface area contributed by atoms with Crippen LogP contribution in [0.15, 0.2) is 72.9 Å². The molecule has 1 aliphatic rings. The lowest BCUT2D eigenvalue weighted by Gasteiger charge is -2.41. The number of hydrogen-bond donors (Lipinski definition) is 6. The Balaban J connectivity index is 2.57. The topological polar surface area (TPSA) is 175 Å². The number of amides is 1. The number of aliphatic hydroxyl groups excluding tert-OH is 5. The Morgan fingerprint density at radius 3 is 1.48 bits per heavy atom. The SMILES string of the molecule is CC/C=C/C=C/C=C/CCCCCCCCC(O)C(=O)NC(COC1OC(CO)C(O)C(O)C1OC(=O)CCCCCCCCCCCCCCCCC/C=C\C/C=C\CCCCC)C(O)/C=C/CCCCCCCCCCC. The fourth-order valence-corrected chi connectivity index (χ4v) is 9.98. The third kappa shape index (κ3) is 43.5. The molecule has 11 nitrogen and oxygen atoms in total. The molecule has 6 N–H and O–H groups in total. The number of carbonyl (C=O) groups is 2. The number of esters is 1. The van der Waals surface area contributed by atoms with E-state index in [1.54, 1.807) is 6.08 Å². The Labute approximate surface area is 483 Å². The highest BCUT2D eigenvalue weighted by molar-refractivity contribution is 5.80. The zero-order valence-electron chi connectivity index (χ0n) is 50.7. The second kappa shape index (κ2) is 55.6. The van der Waals surface area contributed by atoms with Crippen molar-refractivity contribution in [3.05, 3.63) is 72.9 Å². The van der Waals surface area contributed by atoms with Gasteiger partial charge < -0.3 is 45.1 Å². The van der Waals surface area contributed by atoms with Crippen molar-refractivity contribution in [3.8, 4) is 0 Å². The maximum absolute atomic E-state index is 13.4. The normalized spacial score (nSPS) is 19.3. The molecule has 1 saturated heterocycles. The van der Waals surface area contributed by atoms with E-state index in [-0.39, 0.29) is 19.4 Å². The second-order valence-corrected chi connectivity index (χ2v) is 22.5.